The van der Waals surface area contributed by atoms with Crippen LogP contribution in [0.4, 0.5) is 5.69 Å². The molecule has 0 aliphatic heterocycles. The Morgan fingerprint density at radius 1 is 1.27 bits per heavy atom. The molecule has 0 spiro atoms. The lowest BCUT2D eigenvalue weighted by atomic mass is 10.2. The maximum Gasteiger partial charge on any atom is 0.142 e. The molecule has 84 valence electrons. The predicted molar refractivity (Wildman–Crippen MR) is 62.9 cm³/mol. The zero-order chi connectivity index (χ0) is 11.3. The first-order valence-electron chi connectivity index (χ1n) is 5.19. The topological polar surface area (TPSA) is 30.5 Å². The van der Waals surface area contributed by atoms with Crippen molar-refractivity contribution in [3.63, 3.8) is 0 Å². The molecule has 1 N–H and O–H groups in total. The Bertz CT molecular complexity index is 312. The van der Waals surface area contributed by atoms with Gasteiger partial charge in [-0.05, 0) is 25.5 Å². The van der Waals surface area contributed by atoms with E-state index in [9.17, 15) is 0 Å². The molecule has 1 aromatic carbocycles. The van der Waals surface area contributed by atoms with E-state index in [-0.39, 0.29) is 0 Å². The van der Waals surface area contributed by atoms with Gasteiger partial charge in [0.15, 0.2) is 0 Å². The number of hydrogen-bond donors (Lipinski definition) is 1. The third-order valence-electron chi connectivity index (χ3n) is 2.42. The second kappa shape index (κ2) is 5.49. The largest absolute Gasteiger partial charge is 0.497 e. The minimum Gasteiger partial charge on any atom is -0.497 e. The van der Waals surface area contributed by atoms with Crippen molar-refractivity contribution in [2.75, 3.05) is 19.5 Å². The second-order valence-corrected chi connectivity index (χ2v) is 3.52. The van der Waals surface area contributed by atoms with Crippen molar-refractivity contribution in [2.24, 2.45) is 0 Å². The van der Waals surface area contributed by atoms with Crippen LogP contribution in [0, 0.1) is 0 Å². The Labute approximate surface area is 91.4 Å². The van der Waals surface area contributed by atoms with Gasteiger partial charge >= 0.3 is 0 Å². The van der Waals surface area contributed by atoms with Gasteiger partial charge in [-0.25, -0.2) is 0 Å². The van der Waals surface area contributed by atoms with E-state index in [0.717, 1.165) is 23.6 Å². The smallest absolute Gasteiger partial charge is 0.142 e. The Morgan fingerprint density at radius 2 is 2.00 bits per heavy atom. The highest BCUT2D eigenvalue weighted by Crippen LogP contribution is 2.29. The molecule has 0 radical (unpaired) electrons. The molecule has 0 heterocycles. The number of methoxy groups -OCH3 is 2. The summed E-state index contributed by atoms with van der Waals surface area (Å²) in [7, 11) is 3.33. The molecule has 0 saturated heterocycles. The van der Waals surface area contributed by atoms with E-state index in [4.69, 9.17) is 9.47 Å². The summed E-state index contributed by atoms with van der Waals surface area (Å²) < 4.78 is 10.4. The molecule has 1 unspecified atom stereocenters. The van der Waals surface area contributed by atoms with Crippen LogP contribution in [-0.2, 0) is 0 Å². The van der Waals surface area contributed by atoms with Crippen LogP contribution in [0.5, 0.6) is 11.5 Å². The van der Waals surface area contributed by atoms with E-state index in [2.05, 4.69) is 19.2 Å². The molecule has 1 atom stereocenters. The Hall–Kier alpha value is -1.38. The van der Waals surface area contributed by atoms with Gasteiger partial charge in [0, 0.05) is 12.1 Å². The highest BCUT2D eigenvalue weighted by atomic mass is 16.5. The minimum atomic E-state index is 0.422. The fraction of sp³-hybridized carbons (Fsp3) is 0.500. The minimum absolute atomic E-state index is 0.422. The van der Waals surface area contributed by atoms with Gasteiger partial charge in [0.05, 0.1) is 19.9 Å². The summed E-state index contributed by atoms with van der Waals surface area (Å²) in [6.45, 7) is 4.28. The van der Waals surface area contributed by atoms with Crippen LogP contribution < -0.4 is 14.8 Å². The van der Waals surface area contributed by atoms with Gasteiger partial charge < -0.3 is 14.8 Å². The molecule has 3 heteroatoms. The summed E-state index contributed by atoms with van der Waals surface area (Å²) in [4.78, 5) is 0. The van der Waals surface area contributed by atoms with Crippen LogP contribution in [0.1, 0.15) is 20.3 Å². The third kappa shape index (κ3) is 3.05. The molecule has 0 aliphatic rings. The first-order valence-corrected chi connectivity index (χ1v) is 5.19. The van der Waals surface area contributed by atoms with Gasteiger partial charge in [-0.3, -0.25) is 0 Å². The SMILES string of the molecule is CCC(C)Nc1cc(OC)ccc1OC. The van der Waals surface area contributed by atoms with E-state index < -0.39 is 0 Å². The molecule has 0 aromatic heterocycles. The zero-order valence-corrected chi connectivity index (χ0v) is 9.83. The molecule has 3 nitrogen and oxygen atoms in total. The van der Waals surface area contributed by atoms with Crippen molar-refractivity contribution in [2.45, 2.75) is 26.3 Å². The molecule has 0 aliphatic carbocycles. The fourth-order valence-corrected chi connectivity index (χ4v) is 1.29. The summed E-state index contributed by atoms with van der Waals surface area (Å²) in [6.07, 6.45) is 1.07. The average molecular weight is 209 g/mol. The van der Waals surface area contributed by atoms with E-state index in [1.54, 1.807) is 14.2 Å². The zero-order valence-electron chi connectivity index (χ0n) is 9.83. The summed E-state index contributed by atoms with van der Waals surface area (Å²) in [5.74, 6) is 1.68. The molecular formula is C12H19NO2. The van der Waals surface area contributed by atoms with E-state index in [1.807, 2.05) is 18.2 Å². The van der Waals surface area contributed by atoms with Crippen molar-refractivity contribution in [3.05, 3.63) is 18.2 Å². The number of nitrogens with one attached hydrogen (secondary N) is 1. The second-order valence-electron chi connectivity index (χ2n) is 3.52. The van der Waals surface area contributed by atoms with Crippen molar-refractivity contribution in [1.82, 2.24) is 0 Å². The summed E-state index contributed by atoms with van der Waals surface area (Å²) in [5, 5.41) is 3.38. The Kier molecular flexibility index (Phi) is 4.28. The van der Waals surface area contributed by atoms with Crippen molar-refractivity contribution in [3.8, 4) is 11.5 Å². The molecule has 0 fully saturated rings. The molecule has 15 heavy (non-hydrogen) atoms. The first kappa shape index (κ1) is 11.7. The summed E-state index contributed by atoms with van der Waals surface area (Å²) in [5.41, 5.74) is 0.978. The van der Waals surface area contributed by atoms with Gasteiger partial charge in [-0.2, -0.15) is 0 Å². The van der Waals surface area contributed by atoms with Crippen LogP contribution in [0.25, 0.3) is 0 Å². The quantitative estimate of drug-likeness (QED) is 0.808. The van der Waals surface area contributed by atoms with Crippen LogP contribution >= 0.6 is 0 Å². The number of ether oxygens (including phenoxy) is 2. The number of benzene rings is 1. The maximum atomic E-state index is 5.27. The first-order chi connectivity index (χ1) is 7.21. The predicted octanol–water partition coefficient (Wildman–Crippen LogP) is 2.91. The van der Waals surface area contributed by atoms with Crippen LogP contribution in [0.3, 0.4) is 0 Å². The van der Waals surface area contributed by atoms with Crippen molar-refractivity contribution < 1.29 is 9.47 Å². The third-order valence-corrected chi connectivity index (χ3v) is 2.42. The van der Waals surface area contributed by atoms with E-state index >= 15 is 0 Å². The Balaban J connectivity index is 2.90. The van der Waals surface area contributed by atoms with E-state index in [0.29, 0.717) is 6.04 Å². The molecule has 0 bridgehead atoms. The summed E-state index contributed by atoms with van der Waals surface area (Å²) in [6, 6.07) is 6.17. The highest BCUT2D eigenvalue weighted by molar-refractivity contribution is 5.60. The number of anilines is 1. The number of hydrogen-bond acceptors (Lipinski definition) is 3. The lowest BCUT2D eigenvalue weighted by Gasteiger charge is -2.16. The number of rotatable bonds is 5. The van der Waals surface area contributed by atoms with Gasteiger partial charge in [0.2, 0.25) is 0 Å². The lowest BCUT2D eigenvalue weighted by molar-refractivity contribution is 0.404. The van der Waals surface area contributed by atoms with Gasteiger partial charge in [-0.1, -0.05) is 6.92 Å². The lowest BCUT2D eigenvalue weighted by Crippen LogP contribution is -2.14. The molecule has 0 saturated carbocycles. The molecular weight excluding hydrogens is 190 g/mol. The van der Waals surface area contributed by atoms with Crippen molar-refractivity contribution in [1.29, 1.82) is 0 Å². The molecule has 1 rings (SSSR count). The van der Waals surface area contributed by atoms with Gasteiger partial charge in [0.1, 0.15) is 11.5 Å². The van der Waals surface area contributed by atoms with Crippen molar-refractivity contribution >= 4 is 5.69 Å². The highest BCUT2D eigenvalue weighted by Gasteiger charge is 2.06. The molecule has 0 amide bonds. The van der Waals surface area contributed by atoms with E-state index in [1.165, 1.54) is 0 Å². The average Bonchev–Trinajstić information content (AvgIpc) is 2.28. The van der Waals surface area contributed by atoms with Gasteiger partial charge in [-0.15, -0.1) is 0 Å². The van der Waals surface area contributed by atoms with Crippen LogP contribution in [0.15, 0.2) is 18.2 Å². The summed E-state index contributed by atoms with van der Waals surface area (Å²) >= 11 is 0. The Morgan fingerprint density at radius 3 is 2.53 bits per heavy atom. The maximum absolute atomic E-state index is 5.27. The monoisotopic (exact) mass is 209 g/mol. The standard InChI is InChI=1S/C12H19NO2/c1-5-9(2)13-11-8-10(14-3)6-7-12(11)15-4/h6-9,13H,5H2,1-4H3. The van der Waals surface area contributed by atoms with Crippen LogP contribution in [-0.4, -0.2) is 20.3 Å². The van der Waals surface area contributed by atoms with Crippen LogP contribution in [0.2, 0.25) is 0 Å². The fourth-order valence-electron chi connectivity index (χ4n) is 1.29. The normalized spacial score (nSPS) is 12.0. The molecule has 1 aromatic rings. The van der Waals surface area contributed by atoms with Gasteiger partial charge in [0.25, 0.3) is 0 Å².